The quantitative estimate of drug-likeness (QED) is 0.666. The molecule has 6 nitrogen and oxygen atoms in total. The Balaban J connectivity index is 2.48. The van der Waals surface area contributed by atoms with Crippen molar-refractivity contribution in [3.63, 3.8) is 0 Å². The number of rotatable bonds is 4. The number of carbonyl (C=O) groups excluding carboxylic acids is 2. The fourth-order valence-electron chi connectivity index (χ4n) is 1.93. The Bertz CT molecular complexity index is 358. The molecule has 0 aromatic heterocycles. The van der Waals surface area contributed by atoms with Crippen LogP contribution in [0.1, 0.15) is 20.3 Å². The minimum Gasteiger partial charge on any atom is -0.386 e. The number of nitrogens with zero attached hydrogens (tertiary/aromatic N) is 2. The Hall–Kier alpha value is -1.40. The minimum absolute atomic E-state index is 0.0130. The highest BCUT2D eigenvalue weighted by Gasteiger charge is 2.29. The lowest BCUT2D eigenvalue weighted by atomic mass is 10.0. The highest BCUT2D eigenvalue weighted by Crippen LogP contribution is 2.14. The van der Waals surface area contributed by atoms with Crippen molar-refractivity contribution in [2.45, 2.75) is 32.0 Å². The van der Waals surface area contributed by atoms with Crippen molar-refractivity contribution in [1.29, 1.82) is 0 Å². The number of piperazine rings is 1. The summed E-state index contributed by atoms with van der Waals surface area (Å²) >= 11 is 0. The first kappa shape index (κ1) is 15.7. The van der Waals surface area contributed by atoms with Crippen LogP contribution >= 0.6 is 0 Å². The average molecular weight is 270 g/mol. The van der Waals surface area contributed by atoms with Crippen molar-refractivity contribution in [3.8, 4) is 0 Å². The molecule has 1 aliphatic rings. The van der Waals surface area contributed by atoms with E-state index in [-0.39, 0.29) is 18.2 Å². The third-order valence-electron chi connectivity index (χ3n) is 3.25. The number of hydrogen-bond acceptors (Lipinski definition) is 4. The summed E-state index contributed by atoms with van der Waals surface area (Å²) in [4.78, 5) is 26.7. The lowest BCUT2D eigenvalue weighted by Crippen LogP contribution is -2.53. The second kappa shape index (κ2) is 6.16. The summed E-state index contributed by atoms with van der Waals surface area (Å²) < 4.78 is 0. The van der Waals surface area contributed by atoms with Gasteiger partial charge < -0.3 is 20.0 Å². The topological polar surface area (TPSA) is 81.1 Å². The van der Waals surface area contributed by atoms with Crippen LogP contribution in [0.3, 0.4) is 0 Å². The highest BCUT2D eigenvalue weighted by atomic mass is 16.3. The summed E-state index contributed by atoms with van der Waals surface area (Å²) in [5, 5.41) is 19.0. The van der Waals surface area contributed by atoms with Gasteiger partial charge in [0, 0.05) is 26.2 Å². The van der Waals surface area contributed by atoms with Crippen LogP contribution in [0.25, 0.3) is 0 Å². The Kier molecular flexibility index (Phi) is 5.08. The Labute approximate surface area is 113 Å². The third kappa shape index (κ3) is 4.33. The SMILES string of the molecule is C=CC(C)(O)CC(=O)N1CCN(C(=O)C(C)O)CC1. The lowest BCUT2D eigenvalue weighted by Gasteiger charge is -2.36. The van der Waals surface area contributed by atoms with E-state index >= 15 is 0 Å². The fourth-order valence-corrected chi connectivity index (χ4v) is 1.93. The molecule has 2 N–H and O–H groups in total. The molecule has 2 atom stereocenters. The summed E-state index contributed by atoms with van der Waals surface area (Å²) in [6, 6.07) is 0. The van der Waals surface area contributed by atoms with Crippen LogP contribution in [-0.4, -0.2) is 69.7 Å². The van der Waals surface area contributed by atoms with Crippen molar-refractivity contribution < 1.29 is 19.8 Å². The summed E-state index contributed by atoms with van der Waals surface area (Å²) in [6.07, 6.45) is 0.322. The van der Waals surface area contributed by atoms with E-state index in [1.165, 1.54) is 19.9 Å². The van der Waals surface area contributed by atoms with Crippen LogP contribution < -0.4 is 0 Å². The van der Waals surface area contributed by atoms with Crippen LogP contribution in [0.2, 0.25) is 0 Å². The van der Waals surface area contributed by atoms with Crippen LogP contribution in [0, 0.1) is 0 Å². The number of aliphatic hydroxyl groups excluding tert-OH is 1. The molecule has 1 aliphatic heterocycles. The summed E-state index contributed by atoms with van der Waals surface area (Å²) in [6.45, 7) is 8.11. The van der Waals surface area contributed by atoms with Crippen LogP contribution in [0.4, 0.5) is 0 Å². The van der Waals surface area contributed by atoms with E-state index < -0.39 is 11.7 Å². The number of carbonyl (C=O) groups is 2. The molecule has 1 saturated heterocycles. The Morgan fingerprint density at radius 2 is 1.79 bits per heavy atom. The molecule has 1 heterocycles. The molecule has 108 valence electrons. The molecular weight excluding hydrogens is 248 g/mol. The van der Waals surface area contributed by atoms with Gasteiger partial charge >= 0.3 is 0 Å². The smallest absolute Gasteiger partial charge is 0.251 e. The van der Waals surface area contributed by atoms with E-state index in [9.17, 15) is 19.8 Å². The van der Waals surface area contributed by atoms with Gasteiger partial charge in [0.25, 0.3) is 5.91 Å². The van der Waals surface area contributed by atoms with Crippen LogP contribution in [0.5, 0.6) is 0 Å². The van der Waals surface area contributed by atoms with E-state index in [1.807, 2.05) is 0 Å². The molecule has 0 aromatic carbocycles. The zero-order chi connectivity index (χ0) is 14.6. The van der Waals surface area contributed by atoms with Gasteiger partial charge in [0.2, 0.25) is 5.91 Å². The fraction of sp³-hybridized carbons (Fsp3) is 0.692. The van der Waals surface area contributed by atoms with Gasteiger partial charge in [-0.25, -0.2) is 0 Å². The van der Waals surface area contributed by atoms with Gasteiger partial charge in [0.05, 0.1) is 12.0 Å². The highest BCUT2D eigenvalue weighted by molar-refractivity contribution is 5.81. The molecule has 0 saturated carbocycles. The molecule has 0 aliphatic carbocycles. The predicted molar refractivity (Wildman–Crippen MR) is 70.3 cm³/mol. The first-order valence-electron chi connectivity index (χ1n) is 6.37. The van der Waals surface area contributed by atoms with E-state index in [0.717, 1.165) is 0 Å². The van der Waals surface area contributed by atoms with E-state index in [2.05, 4.69) is 6.58 Å². The summed E-state index contributed by atoms with van der Waals surface area (Å²) in [5.74, 6) is -0.473. The van der Waals surface area contributed by atoms with Crippen molar-refractivity contribution in [2.24, 2.45) is 0 Å². The van der Waals surface area contributed by atoms with Gasteiger partial charge in [0.1, 0.15) is 6.10 Å². The van der Waals surface area contributed by atoms with Gasteiger partial charge in [-0.1, -0.05) is 6.08 Å². The number of hydrogen-bond donors (Lipinski definition) is 2. The normalized spacial score (nSPS) is 20.6. The Morgan fingerprint density at radius 3 is 2.21 bits per heavy atom. The molecule has 2 amide bonds. The molecule has 0 aromatic rings. The second-order valence-corrected chi connectivity index (χ2v) is 5.12. The molecule has 6 heteroatoms. The molecule has 2 unspecified atom stereocenters. The number of aliphatic hydroxyl groups is 2. The first-order valence-corrected chi connectivity index (χ1v) is 6.37. The van der Waals surface area contributed by atoms with Gasteiger partial charge in [-0.05, 0) is 13.8 Å². The maximum atomic E-state index is 11.9. The lowest BCUT2D eigenvalue weighted by molar-refractivity contribution is -0.145. The average Bonchev–Trinajstić information content (AvgIpc) is 2.37. The maximum Gasteiger partial charge on any atom is 0.251 e. The maximum absolute atomic E-state index is 11.9. The standard InChI is InChI=1S/C13H22N2O4/c1-4-13(3,19)9-11(17)14-5-7-15(8-6-14)12(18)10(2)16/h4,10,16,19H,1,5-9H2,2-3H3. The monoisotopic (exact) mass is 270 g/mol. The second-order valence-electron chi connectivity index (χ2n) is 5.12. The number of amides is 2. The van der Waals surface area contributed by atoms with Crippen LogP contribution in [0.15, 0.2) is 12.7 Å². The molecular formula is C13H22N2O4. The van der Waals surface area contributed by atoms with Gasteiger partial charge in [-0.15, -0.1) is 6.58 Å². The van der Waals surface area contributed by atoms with Gasteiger partial charge in [-0.2, -0.15) is 0 Å². The molecule has 0 radical (unpaired) electrons. The first-order chi connectivity index (χ1) is 8.76. The van der Waals surface area contributed by atoms with E-state index in [1.54, 1.807) is 9.80 Å². The van der Waals surface area contributed by atoms with Gasteiger partial charge in [0.15, 0.2) is 0 Å². The molecule has 0 bridgehead atoms. The molecule has 19 heavy (non-hydrogen) atoms. The van der Waals surface area contributed by atoms with E-state index in [0.29, 0.717) is 26.2 Å². The summed E-state index contributed by atoms with van der Waals surface area (Å²) in [7, 11) is 0. The van der Waals surface area contributed by atoms with E-state index in [4.69, 9.17) is 0 Å². The Morgan fingerprint density at radius 1 is 1.32 bits per heavy atom. The van der Waals surface area contributed by atoms with Crippen molar-refractivity contribution in [3.05, 3.63) is 12.7 Å². The molecule has 0 spiro atoms. The van der Waals surface area contributed by atoms with Crippen molar-refractivity contribution in [1.82, 2.24) is 9.80 Å². The third-order valence-corrected chi connectivity index (χ3v) is 3.25. The molecule has 1 rings (SSSR count). The zero-order valence-electron chi connectivity index (χ0n) is 11.5. The zero-order valence-corrected chi connectivity index (χ0v) is 11.5. The van der Waals surface area contributed by atoms with Crippen LogP contribution in [-0.2, 0) is 9.59 Å². The summed E-state index contributed by atoms with van der Waals surface area (Å²) in [5.41, 5.74) is -1.20. The molecule has 1 fully saturated rings. The van der Waals surface area contributed by atoms with Gasteiger partial charge in [-0.3, -0.25) is 9.59 Å². The predicted octanol–water partition coefficient (Wildman–Crippen LogP) is -0.635. The minimum atomic E-state index is -1.20. The largest absolute Gasteiger partial charge is 0.386 e. The van der Waals surface area contributed by atoms with Crippen molar-refractivity contribution in [2.75, 3.05) is 26.2 Å². The van der Waals surface area contributed by atoms with Crippen molar-refractivity contribution >= 4 is 11.8 Å².